The van der Waals surface area contributed by atoms with Crippen LogP contribution in [-0.2, 0) is 0 Å². The van der Waals surface area contributed by atoms with Gasteiger partial charge in [0.15, 0.2) is 11.4 Å². The third-order valence-corrected chi connectivity index (χ3v) is 7.46. The van der Waals surface area contributed by atoms with E-state index in [4.69, 9.17) is 23.2 Å². The predicted octanol–water partition coefficient (Wildman–Crippen LogP) is 9.07. The van der Waals surface area contributed by atoms with Gasteiger partial charge in [-0.2, -0.15) is 0 Å². The molecule has 0 aliphatic heterocycles. The van der Waals surface area contributed by atoms with E-state index >= 15 is 0 Å². The van der Waals surface area contributed by atoms with Crippen molar-refractivity contribution in [1.82, 2.24) is 19.6 Å². The molecule has 0 aliphatic rings. The summed E-state index contributed by atoms with van der Waals surface area (Å²) in [5.41, 5.74) is 4.69. The highest BCUT2D eigenvalue weighted by molar-refractivity contribution is 6.34. The van der Waals surface area contributed by atoms with Gasteiger partial charge in [-0.15, -0.1) is 20.5 Å². The first-order valence-corrected chi connectivity index (χ1v) is 14.2. The molecule has 6 aromatic rings. The molecule has 2 aromatic heterocycles. The first-order chi connectivity index (χ1) is 21.3. The van der Waals surface area contributed by atoms with Crippen molar-refractivity contribution in [2.45, 2.75) is 13.8 Å². The van der Waals surface area contributed by atoms with Crippen molar-refractivity contribution in [3.05, 3.63) is 139 Å². The molecule has 0 atom stereocenters. The smallest absolute Gasteiger partial charge is 0.293 e. The highest BCUT2D eigenvalue weighted by Gasteiger charge is 2.14. The Morgan fingerprint density at radius 2 is 0.932 bits per heavy atom. The molecule has 0 aliphatic carbocycles. The molecule has 44 heavy (non-hydrogen) atoms. The van der Waals surface area contributed by atoms with Crippen LogP contribution in [0, 0.1) is 13.8 Å². The van der Waals surface area contributed by atoms with Crippen molar-refractivity contribution in [3.8, 4) is 22.5 Å². The second kappa shape index (κ2) is 12.1. The van der Waals surface area contributed by atoms with E-state index in [1.165, 1.54) is 9.36 Å². The Morgan fingerprint density at radius 3 is 1.30 bits per heavy atom. The van der Waals surface area contributed by atoms with Gasteiger partial charge in [0.1, 0.15) is 11.4 Å². The van der Waals surface area contributed by atoms with Gasteiger partial charge in [-0.3, -0.25) is 19.8 Å². The second-order valence-corrected chi connectivity index (χ2v) is 10.7. The van der Waals surface area contributed by atoms with Gasteiger partial charge in [0.2, 0.25) is 0 Å². The van der Waals surface area contributed by atoms with Crippen LogP contribution in [0.3, 0.4) is 0 Å². The van der Waals surface area contributed by atoms with Crippen LogP contribution in [0.4, 0.5) is 22.7 Å². The van der Waals surface area contributed by atoms with Gasteiger partial charge in [0, 0.05) is 0 Å². The summed E-state index contributed by atoms with van der Waals surface area (Å²) in [6, 6.07) is 29.0. The average molecular weight is 624 g/mol. The Labute approximate surface area is 260 Å². The Morgan fingerprint density at radius 1 is 0.545 bits per heavy atom. The van der Waals surface area contributed by atoms with Crippen LogP contribution in [-0.4, -0.2) is 19.6 Å². The number of H-pyrrole nitrogens is 2. The zero-order chi connectivity index (χ0) is 30.8. The summed E-state index contributed by atoms with van der Waals surface area (Å²) < 4.78 is 2.84. The normalized spacial score (nSPS) is 11.6. The molecule has 12 heteroatoms. The minimum absolute atomic E-state index is 0.194. The number of aromatic amines is 2. The summed E-state index contributed by atoms with van der Waals surface area (Å²) in [5, 5.41) is 23.6. The Balaban J connectivity index is 1.21. The molecule has 0 saturated heterocycles. The summed E-state index contributed by atoms with van der Waals surface area (Å²) in [4.78, 5) is 25.8. The molecule has 0 saturated carbocycles. The van der Waals surface area contributed by atoms with E-state index in [1.807, 2.05) is 72.8 Å². The Kier molecular flexibility index (Phi) is 7.93. The fraction of sp³-hybridized carbons (Fsp3) is 0.0625. The molecule has 0 unspecified atom stereocenters. The molecule has 0 radical (unpaired) electrons. The number of nitrogens with one attached hydrogen (secondary N) is 2. The van der Waals surface area contributed by atoms with Crippen molar-refractivity contribution >= 4 is 46.0 Å². The first-order valence-electron chi connectivity index (χ1n) is 13.5. The van der Waals surface area contributed by atoms with Gasteiger partial charge in [0.25, 0.3) is 11.1 Å². The highest BCUT2D eigenvalue weighted by atomic mass is 35.5. The number of para-hydroxylation sites is 2. The molecule has 218 valence electrons. The van der Waals surface area contributed by atoms with Gasteiger partial charge >= 0.3 is 0 Å². The monoisotopic (exact) mass is 622 g/mol. The molecule has 0 spiro atoms. The zero-order valence-corrected chi connectivity index (χ0v) is 25.0. The molecule has 4 aromatic carbocycles. The van der Waals surface area contributed by atoms with E-state index in [0.29, 0.717) is 44.2 Å². The third kappa shape index (κ3) is 5.68. The lowest BCUT2D eigenvalue weighted by Gasteiger charge is -2.06. The maximum atomic E-state index is 12.9. The quantitative estimate of drug-likeness (QED) is 0.172. The van der Waals surface area contributed by atoms with Crippen molar-refractivity contribution in [1.29, 1.82) is 0 Å². The van der Waals surface area contributed by atoms with E-state index in [0.717, 1.165) is 11.1 Å². The summed E-state index contributed by atoms with van der Waals surface area (Å²) >= 11 is 13.1. The van der Waals surface area contributed by atoms with E-state index in [9.17, 15) is 9.59 Å². The molecule has 0 amide bonds. The van der Waals surface area contributed by atoms with Crippen LogP contribution in [0.5, 0.6) is 0 Å². The largest absolute Gasteiger partial charge is 0.299 e. The van der Waals surface area contributed by atoms with E-state index < -0.39 is 0 Å². The predicted molar refractivity (Wildman–Crippen MR) is 173 cm³/mol. The fourth-order valence-corrected chi connectivity index (χ4v) is 5.01. The van der Waals surface area contributed by atoms with Crippen molar-refractivity contribution in [3.63, 3.8) is 0 Å². The molecule has 0 bridgehead atoms. The number of nitrogens with zero attached hydrogens (tertiary/aromatic N) is 6. The standard InChI is InChI=1S/C32H24Cl2N8O2/c1-19-29(31(43)41(39-19)23-9-5-3-6-10-23)37-35-27-15-13-21(17-25(27)33)22-14-16-28(26(34)18-22)36-38-30-20(2)40-42(32(30)44)24-11-7-4-8-12-24/h3-18,39-40H,1-2H3. The number of rotatable bonds is 7. The molecule has 10 nitrogen and oxygen atoms in total. The summed E-state index contributed by atoms with van der Waals surface area (Å²) in [7, 11) is 0. The van der Waals surface area contributed by atoms with E-state index in [2.05, 4.69) is 30.7 Å². The second-order valence-electron chi connectivity index (χ2n) is 9.86. The summed E-state index contributed by atoms with van der Waals surface area (Å²) in [5.74, 6) is 0. The molecule has 2 N–H and O–H groups in total. The summed E-state index contributed by atoms with van der Waals surface area (Å²) in [6.45, 7) is 3.51. The Hall–Kier alpha value is -5.32. The number of azo groups is 2. The number of benzene rings is 4. The Bertz CT molecular complexity index is 2010. The average Bonchev–Trinajstić information content (AvgIpc) is 3.49. The van der Waals surface area contributed by atoms with Gasteiger partial charge in [-0.05, 0) is 73.5 Å². The van der Waals surface area contributed by atoms with E-state index in [1.54, 1.807) is 38.1 Å². The highest BCUT2D eigenvalue weighted by Crippen LogP contribution is 2.35. The summed E-state index contributed by atoms with van der Waals surface area (Å²) in [6.07, 6.45) is 0. The van der Waals surface area contributed by atoms with Gasteiger partial charge in [-0.25, -0.2) is 9.36 Å². The van der Waals surface area contributed by atoms with Gasteiger partial charge < -0.3 is 0 Å². The van der Waals surface area contributed by atoms with E-state index in [-0.39, 0.29) is 22.5 Å². The number of aryl methyl sites for hydroxylation is 2. The SMILES string of the molecule is Cc1[nH]n(-c2ccccc2)c(=O)c1N=Nc1ccc(-c2ccc(N=Nc3c(C)[nH]n(-c4ccccc4)c3=O)c(Cl)c2)cc1Cl. The lowest BCUT2D eigenvalue weighted by atomic mass is 10.1. The van der Waals surface area contributed by atoms with Crippen molar-refractivity contribution in [2.75, 3.05) is 0 Å². The molecule has 2 heterocycles. The molecule has 6 rings (SSSR count). The maximum Gasteiger partial charge on any atom is 0.299 e. The van der Waals surface area contributed by atoms with Gasteiger partial charge in [0.05, 0.1) is 32.8 Å². The first kappa shape index (κ1) is 28.8. The topological polar surface area (TPSA) is 125 Å². The number of halogens is 2. The number of hydrogen-bond donors (Lipinski definition) is 2. The molecular formula is C32H24Cl2N8O2. The van der Waals surface area contributed by atoms with Gasteiger partial charge in [-0.1, -0.05) is 71.7 Å². The van der Waals surface area contributed by atoms with Crippen LogP contribution >= 0.6 is 23.2 Å². The van der Waals surface area contributed by atoms with Crippen LogP contribution in [0.2, 0.25) is 10.0 Å². The van der Waals surface area contributed by atoms with Crippen LogP contribution < -0.4 is 11.1 Å². The fourth-order valence-electron chi connectivity index (χ4n) is 4.57. The van der Waals surface area contributed by atoms with Crippen molar-refractivity contribution in [2.24, 2.45) is 20.5 Å². The lowest BCUT2D eigenvalue weighted by molar-refractivity contribution is 0.835. The lowest BCUT2D eigenvalue weighted by Crippen LogP contribution is -2.13. The van der Waals surface area contributed by atoms with Crippen molar-refractivity contribution < 1.29 is 0 Å². The number of hydrogen-bond acceptors (Lipinski definition) is 6. The minimum Gasteiger partial charge on any atom is -0.293 e. The van der Waals surface area contributed by atoms with Crippen LogP contribution in [0.15, 0.2) is 127 Å². The minimum atomic E-state index is -0.314. The third-order valence-electron chi connectivity index (χ3n) is 6.85. The number of aromatic nitrogens is 4. The molecule has 0 fully saturated rings. The maximum absolute atomic E-state index is 12.9. The molecular weight excluding hydrogens is 599 g/mol. The van der Waals surface area contributed by atoms with Crippen LogP contribution in [0.25, 0.3) is 22.5 Å². The zero-order valence-electron chi connectivity index (χ0n) is 23.5. The van der Waals surface area contributed by atoms with Crippen LogP contribution in [0.1, 0.15) is 11.4 Å².